The first-order chi connectivity index (χ1) is 10.6. The minimum absolute atomic E-state index is 0.131. The summed E-state index contributed by atoms with van der Waals surface area (Å²) in [4.78, 5) is 17.6. The number of nitrogens with one attached hydrogen (secondary N) is 1. The molecule has 22 heavy (non-hydrogen) atoms. The van der Waals surface area contributed by atoms with Gasteiger partial charge in [-0.2, -0.15) is 0 Å². The molecular weight excluding hydrogens is 276 g/mol. The van der Waals surface area contributed by atoms with Gasteiger partial charge in [-0.3, -0.25) is 4.79 Å². The van der Waals surface area contributed by atoms with Crippen LogP contribution in [0.2, 0.25) is 0 Å². The minimum Gasteiger partial charge on any atom is -0.426 e. The monoisotopic (exact) mass is 302 g/mol. The lowest BCUT2D eigenvalue weighted by atomic mass is 10.1. The maximum absolute atomic E-state index is 11.9. The van der Waals surface area contributed by atoms with Gasteiger partial charge in [0, 0.05) is 23.6 Å². The number of H-pyrrole nitrogens is 1. The largest absolute Gasteiger partial charge is 0.426 e. The van der Waals surface area contributed by atoms with Crippen molar-refractivity contribution < 1.29 is 9.53 Å². The molecule has 4 nitrogen and oxygen atoms in total. The molecule has 0 saturated heterocycles. The quantitative estimate of drug-likeness (QED) is 0.627. The van der Waals surface area contributed by atoms with E-state index in [-0.39, 0.29) is 11.9 Å². The predicted octanol–water partition coefficient (Wildman–Crippen LogP) is 3.61. The lowest BCUT2D eigenvalue weighted by Gasteiger charge is -2.17. The van der Waals surface area contributed by atoms with E-state index in [9.17, 15) is 4.79 Å². The van der Waals surface area contributed by atoms with Crippen LogP contribution in [0.5, 0.6) is 5.75 Å². The summed E-state index contributed by atoms with van der Waals surface area (Å²) in [6.45, 7) is 11.2. The van der Waals surface area contributed by atoms with Crippen LogP contribution in [0.4, 0.5) is 0 Å². The number of likely N-dealkylation sites (N-methyl/N-ethyl adjacent to an activating group) is 1. The number of benzene rings is 1. The number of hydrogen-bond acceptors (Lipinski definition) is 3. The topological polar surface area (TPSA) is 45.3 Å². The Morgan fingerprint density at radius 3 is 2.64 bits per heavy atom. The number of carbonyl (C=O) groups excluding carboxylic acids is 1. The molecule has 0 radical (unpaired) electrons. The Bertz CT molecular complexity index is 627. The second-order valence-electron chi connectivity index (χ2n) is 5.85. The van der Waals surface area contributed by atoms with Crippen LogP contribution in [0.3, 0.4) is 0 Å². The van der Waals surface area contributed by atoms with Gasteiger partial charge in [0.2, 0.25) is 0 Å². The highest BCUT2D eigenvalue weighted by molar-refractivity contribution is 5.91. The van der Waals surface area contributed by atoms with Gasteiger partial charge in [0.1, 0.15) is 5.75 Å². The fraction of sp³-hybridized carbons (Fsp3) is 0.500. The average Bonchev–Trinajstić information content (AvgIpc) is 2.92. The normalized spacial score (nSPS) is 11.5. The summed E-state index contributed by atoms with van der Waals surface area (Å²) in [5, 5.41) is 1.03. The first-order valence-electron chi connectivity index (χ1n) is 8.09. The minimum atomic E-state index is -0.191. The zero-order valence-electron chi connectivity index (χ0n) is 14.0. The van der Waals surface area contributed by atoms with Crippen LogP contribution in [0.25, 0.3) is 10.9 Å². The van der Waals surface area contributed by atoms with E-state index in [1.807, 2.05) is 38.2 Å². The van der Waals surface area contributed by atoms with Crippen molar-refractivity contribution in [1.82, 2.24) is 9.88 Å². The summed E-state index contributed by atoms with van der Waals surface area (Å²) in [7, 11) is 0. The van der Waals surface area contributed by atoms with Gasteiger partial charge in [-0.25, -0.2) is 0 Å². The van der Waals surface area contributed by atoms with Crippen LogP contribution in [-0.4, -0.2) is 35.5 Å². The molecule has 1 aromatic heterocycles. The SMILES string of the molecule is CCN(CC)CCc1c[nH]c2cccc(OC(=O)C(C)C)c12. The molecule has 0 saturated carbocycles. The zero-order valence-corrected chi connectivity index (χ0v) is 14.0. The molecule has 0 fully saturated rings. The van der Waals surface area contributed by atoms with Crippen molar-refractivity contribution >= 4 is 16.9 Å². The third kappa shape index (κ3) is 3.69. The number of aromatic amines is 1. The molecule has 2 rings (SSSR count). The van der Waals surface area contributed by atoms with E-state index in [0.717, 1.165) is 37.0 Å². The predicted molar refractivity (Wildman–Crippen MR) is 90.3 cm³/mol. The van der Waals surface area contributed by atoms with E-state index >= 15 is 0 Å². The van der Waals surface area contributed by atoms with Crippen LogP contribution in [0.1, 0.15) is 33.3 Å². The number of aromatic nitrogens is 1. The van der Waals surface area contributed by atoms with Gasteiger partial charge >= 0.3 is 5.97 Å². The van der Waals surface area contributed by atoms with Gasteiger partial charge in [-0.1, -0.05) is 33.8 Å². The maximum Gasteiger partial charge on any atom is 0.313 e. The van der Waals surface area contributed by atoms with Gasteiger partial charge in [-0.15, -0.1) is 0 Å². The van der Waals surface area contributed by atoms with Crippen molar-refractivity contribution in [2.24, 2.45) is 5.92 Å². The highest BCUT2D eigenvalue weighted by atomic mass is 16.5. The molecule has 1 heterocycles. The van der Waals surface area contributed by atoms with E-state index in [1.165, 1.54) is 5.56 Å². The molecule has 0 aliphatic heterocycles. The Labute approximate surface area is 132 Å². The average molecular weight is 302 g/mol. The molecule has 0 spiro atoms. The highest BCUT2D eigenvalue weighted by Gasteiger charge is 2.15. The molecule has 0 atom stereocenters. The second-order valence-corrected chi connectivity index (χ2v) is 5.85. The van der Waals surface area contributed by atoms with E-state index in [2.05, 4.69) is 23.7 Å². The number of carbonyl (C=O) groups is 1. The third-order valence-electron chi connectivity index (χ3n) is 4.02. The van der Waals surface area contributed by atoms with Gasteiger partial charge in [0.15, 0.2) is 0 Å². The summed E-state index contributed by atoms with van der Waals surface area (Å²) in [5.74, 6) is 0.337. The summed E-state index contributed by atoms with van der Waals surface area (Å²) >= 11 is 0. The summed E-state index contributed by atoms with van der Waals surface area (Å²) in [6.07, 6.45) is 2.97. The molecule has 4 heteroatoms. The van der Waals surface area contributed by atoms with Crippen molar-refractivity contribution in [3.05, 3.63) is 30.0 Å². The van der Waals surface area contributed by atoms with Gasteiger partial charge in [0.25, 0.3) is 0 Å². The first kappa shape index (κ1) is 16.6. The fourth-order valence-corrected chi connectivity index (χ4v) is 2.55. The second kappa shape index (κ2) is 7.45. The number of hydrogen-bond donors (Lipinski definition) is 1. The molecule has 0 amide bonds. The standard InChI is InChI=1S/C18H26N2O2/c1-5-20(6-2)11-10-14-12-19-15-8-7-9-16(17(14)15)22-18(21)13(3)4/h7-9,12-13,19H,5-6,10-11H2,1-4H3. The number of rotatable bonds is 7. The Balaban J connectivity index is 2.26. The third-order valence-corrected chi connectivity index (χ3v) is 4.02. The van der Waals surface area contributed by atoms with Gasteiger partial charge < -0.3 is 14.6 Å². The number of fused-ring (bicyclic) bond motifs is 1. The van der Waals surface area contributed by atoms with Crippen LogP contribution in [0.15, 0.2) is 24.4 Å². The van der Waals surface area contributed by atoms with Crippen molar-refractivity contribution in [2.75, 3.05) is 19.6 Å². The summed E-state index contributed by atoms with van der Waals surface area (Å²) < 4.78 is 5.58. The Hall–Kier alpha value is -1.81. The van der Waals surface area contributed by atoms with Crippen molar-refractivity contribution in [3.63, 3.8) is 0 Å². The van der Waals surface area contributed by atoms with Crippen molar-refractivity contribution in [2.45, 2.75) is 34.1 Å². The van der Waals surface area contributed by atoms with Gasteiger partial charge in [0.05, 0.1) is 5.92 Å². The number of ether oxygens (including phenoxy) is 1. The smallest absolute Gasteiger partial charge is 0.313 e. The molecule has 1 aromatic carbocycles. The fourth-order valence-electron chi connectivity index (χ4n) is 2.55. The van der Waals surface area contributed by atoms with Crippen LogP contribution >= 0.6 is 0 Å². The summed E-state index contributed by atoms with van der Waals surface area (Å²) in [6, 6.07) is 5.80. The Morgan fingerprint density at radius 2 is 2.00 bits per heavy atom. The molecule has 120 valence electrons. The lowest BCUT2D eigenvalue weighted by molar-refractivity contribution is -0.137. The molecule has 0 aliphatic carbocycles. The van der Waals surface area contributed by atoms with E-state index < -0.39 is 0 Å². The molecular formula is C18H26N2O2. The maximum atomic E-state index is 11.9. The van der Waals surface area contributed by atoms with Crippen molar-refractivity contribution in [1.29, 1.82) is 0 Å². The summed E-state index contributed by atoms with van der Waals surface area (Å²) in [5.41, 5.74) is 2.22. The van der Waals surface area contributed by atoms with Gasteiger partial charge in [-0.05, 0) is 37.2 Å². The Morgan fingerprint density at radius 1 is 1.27 bits per heavy atom. The lowest BCUT2D eigenvalue weighted by Crippen LogP contribution is -2.25. The van der Waals surface area contributed by atoms with Crippen LogP contribution in [-0.2, 0) is 11.2 Å². The molecule has 1 N–H and O–H groups in total. The van der Waals surface area contributed by atoms with E-state index in [0.29, 0.717) is 5.75 Å². The van der Waals surface area contributed by atoms with E-state index in [1.54, 1.807) is 0 Å². The first-order valence-corrected chi connectivity index (χ1v) is 8.09. The Kier molecular flexibility index (Phi) is 5.61. The number of nitrogens with zero attached hydrogens (tertiary/aromatic N) is 1. The highest BCUT2D eigenvalue weighted by Crippen LogP contribution is 2.29. The number of esters is 1. The molecule has 2 aromatic rings. The van der Waals surface area contributed by atoms with Crippen LogP contribution < -0.4 is 4.74 Å². The van der Waals surface area contributed by atoms with Crippen LogP contribution in [0, 0.1) is 5.92 Å². The molecule has 0 aliphatic rings. The molecule has 0 bridgehead atoms. The van der Waals surface area contributed by atoms with E-state index in [4.69, 9.17) is 4.74 Å². The molecule has 0 unspecified atom stereocenters. The zero-order chi connectivity index (χ0) is 16.1. The van der Waals surface area contributed by atoms with Crippen molar-refractivity contribution in [3.8, 4) is 5.75 Å².